The quantitative estimate of drug-likeness (QED) is 0.606. The third-order valence-corrected chi connectivity index (χ3v) is 7.20. The summed E-state index contributed by atoms with van der Waals surface area (Å²) in [5.41, 5.74) is 4.26. The van der Waals surface area contributed by atoms with E-state index in [4.69, 9.17) is 0 Å². The molecule has 3 aromatic carbocycles. The van der Waals surface area contributed by atoms with Crippen LogP contribution in [-0.4, -0.2) is 47.1 Å². The molecule has 34 heavy (non-hydrogen) atoms. The topological polar surface area (TPSA) is 60.9 Å². The van der Waals surface area contributed by atoms with Gasteiger partial charge in [0.05, 0.1) is 5.92 Å². The van der Waals surface area contributed by atoms with E-state index in [-0.39, 0.29) is 11.9 Å². The average molecular weight is 455 g/mol. The van der Waals surface area contributed by atoms with Crippen LogP contribution in [0.4, 0.5) is 5.69 Å². The summed E-state index contributed by atoms with van der Waals surface area (Å²) in [4.78, 5) is 30.4. The van der Waals surface area contributed by atoms with Crippen molar-refractivity contribution >= 4 is 17.6 Å². The van der Waals surface area contributed by atoms with Crippen LogP contribution in [0.5, 0.6) is 0 Å². The monoisotopic (exact) mass is 454 g/mol. The molecule has 1 fully saturated rings. The van der Waals surface area contributed by atoms with Gasteiger partial charge in [0.1, 0.15) is 6.04 Å². The zero-order valence-corrected chi connectivity index (χ0v) is 19.2. The molecule has 5 rings (SSSR count). The van der Waals surface area contributed by atoms with Crippen LogP contribution in [0.2, 0.25) is 0 Å². The average Bonchev–Trinajstić information content (AvgIpc) is 3.21. The number of para-hydroxylation sites is 1. The minimum atomic E-state index is -0.932. The lowest BCUT2D eigenvalue weighted by molar-refractivity contribution is -0.148. The molecular weight excluding hydrogens is 424 g/mol. The van der Waals surface area contributed by atoms with E-state index in [1.165, 1.54) is 11.3 Å². The number of carboxylic acids is 1. The summed E-state index contributed by atoms with van der Waals surface area (Å²) in [6, 6.07) is 26.9. The summed E-state index contributed by atoms with van der Waals surface area (Å²) < 4.78 is 0. The zero-order valence-electron chi connectivity index (χ0n) is 19.2. The maximum absolute atomic E-state index is 14.0. The molecule has 0 spiro atoms. The second kappa shape index (κ2) is 9.72. The molecule has 0 saturated carbocycles. The van der Waals surface area contributed by atoms with Gasteiger partial charge in [-0.3, -0.25) is 4.79 Å². The number of benzene rings is 3. The third-order valence-electron chi connectivity index (χ3n) is 7.20. The summed E-state index contributed by atoms with van der Waals surface area (Å²) in [6.07, 6.45) is 3.66. The van der Waals surface area contributed by atoms with E-state index in [0.717, 1.165) is 36.9 Å². The number of aryl methyl sites for hydroxylation is 1. The van der Waals surface area contributed by atoms with E-state index in [9.17, 15) is 14.7 Å². The number of hydrogen-bond acceptors (Lipinski definition) is 3. The number of rotatable bonds is 5. The smallest absolute Gasteiger partial charge is 0.326 e. The Labute approximate surface area is 200 Å². The minimum Gasteiger partial charge on any atom is -0.480 e. The molecule has 2 atom stereocenters. The van der Waals surface area contributed by atoms with Gasteiger partial charge in [0, 0.05) is 31.2 Å². The first kappa shape index (κ1) is 22.2. The van der Waals surface area contributed by atoms with Crippen molar-refractivity contribution < 1.29 is 14.7 Å². The molecule has 0 aliphatic carbocycles. The summed E-state index contributed by atoms with van der Waals surface area (Å²) >= 11 is 0. The normalized spacial score (nSPS) is 20.1. The van der Waals surface area contributed by atoms with Crippen LogP contribution in [0.3, 0.4) is 0 Å². The van der Waals surface area contributed by atoms with E-state index in [1.54, 1.807) is 4.90 Å². The van der Waals surface area contributed by atoms with Gasteiger partial charge in [-0.05, 0) is 42.0 Å². The lowest BCUT2D eigenvalue weighted by atomic mass is 9.90. The van der Waals surface area contributed by atoms with E-state index in [2.05, 4.69) is 23.1 Å². The van der Waals surface area contributed by atoms with Gasteiger partial charge in [-0.15, -0.1) is 0 Å². The second-order valence-corrected chi connectivity index (χ2v) is 9.27. The maximum Gasteiger partial charge on any atom is 0.326 e. The fourth-order valence-corrected chi connectivity index (χ4v) is 5.55. The van der Waals surface area contributed by atoms with E-state index < -0.39 is 17.9 Å². The summed E-state index contributed by atoms with van der Waals surface area (Å²) in [5, 5.41) is 10.1. The van der Waals surface area contributed by atoms with Crippen molar-refractivity contribution in [3.63, 3.8) is 0 Å². The van der Waals surface area contributed by atoms with Gasteiger partial charge in [-0.2, -0.15) is 0 Å². The van der Waals surface area contributed by atoms with E-state index in [1.807, 2.05) is 66.7 Å². The molecule has 174 valence electrons. The summed E-state index contributed by atoms with van der Waals surface area (Å²) in [5.74, 6) is -1.60. The number of nitrogens with zero attached hydrogens (tertiary/aromatic N) is 2. The molecule has 2 aliphatic heterocycles. The lowest BCUT2D eigenvalue weighted by Gasteiger charge is -2.32. The molecule has 3 aromatic rings. The van der Waals surface area contributed by atoms with Crippen molar-refractivity contribution in [3.8, 4) is 0 Å². The van der Waals surface area contributed by atoms with Crippen LogP contribution < -0.4 is 4.90 Å². The van der Waals surface area contributed by atoms with Crippen LogP contribution in [0.25, 0.3) is 0 Å². The SMILES string of the molecule is O=C(O)[C@@H]1C[C@@H](N2CCCCc3ccccc32)CN1C(=O)C(c1ccccc1)c1ccccc1. The number of likely N-dealkylation sites (tertiary alicyclic amines) is 1. The van der Waals surface area contributed by atoms with Crippen LogP contribution in [0.1, 0.15) is 41.9 Å². The molecule has 0 bridgehead atoms. The summed E-state index contributed by atoms with van der Waals surface area (Å²) in [7, 11) is 0. The number of anilines is 1. The maximum atomic E-state index is 14.0. The second-order valence-electron chi connectivity index (χ2n) is 9.27. The molecular formula is C29H30N2O3. The summed E-state index contributed by atoms with van der Waals surface area (Å²) in [6.45, 7) is 1.30. The largest absolute Gasteiger partial charge is 0.480 e. The van der Waals surface area contributed by atoms with Gasteiger partial charge in [0.2, 0.25) is 5.91 Å². The van der Waals surface area contributed by atoms with E-state index >= 15 is 0 Å². The number of amides is 1. The highest BCUT2D eigenvalue weighted by atomic mass is 16.4. The first-order valence-electron chi connectivity index (χ1n) is 12.1. The Kier molecular flexibility index (Phi) is 6.35. The predicted octanol–water partition coefficient (Wildman–Crippen LogP) is 4.72. The van der Waals surface area contributed by atoms with Crippen molar-refractivity contribution in [2.24, 2.45) is 0 Å². The predicted molar refractivity (Wildman–Crippen MR) is 133 cm³/mol. The highest BCUT2D eigenvalue weighted by Crippen LogP contribution is 2.35. The molecule has 2 aliphatic rings. The molecule has 1 saturated heterocycles. The van der Waals surface area contributed by atoms with Gasteiger partial charge < -0.3 is 14.9 Å². The lowest BCUT2D eigenvalue weighted by Crippen LogP contribution is -2.44. The Bertz CT molecular complexity index is 1110. The first-order chi connectivity index (χ1) is 16.6. The Balaban J connectivity index is 1.49. The number of carbonyl (C=O) groups is 2. The first-order valence-corrected chi connectivity index (χ1v) is 12.1. The number of carbonyl (C=O) groups excluding carboxylic acids is 1. The van der Waals surface area contributed by atoms with E-state index in [0.29, 0.717) is 13.0 Å². The van der Waals surface area contributed by atoms with Crippen molar-refractivity contribution in [2.45, 2.75) is 43.7 Å². The van der Waals surface area contributed by atoms with Crippen LogP contribution >= 0.6 is 0 Å². The Morgan fingerprint density at radius 2 is 1.44 bits per heavy atom. The highest BCUT2D eigenvalue weighted by molar-refractivity contribution is 5.91. The molecule has 1 N–H and O–H groups in total. The number of fused-ring (bicyclic) bond motifs is 1. The Morgan fingerprint density at radius 1 is 0.824 bits per heavy atom. The zero-order chi connectivity index (χ0) is 23.5. The molecule has 0 radical (unpaired) electrons. The van der Waals surface area contributed by atoms with Crippen molar-refractivity contribution in [2.75, 3.05) is 18.0 Å². The fourth-order valence-electron chi connectivity index (χ4n) is 5.55. The van der Waals surface area contributed by atoms with Gasteiger partial charge >= 0.3 is 5.97 Å². The molecule has 2 heterocycles. The fraction of sp³-hybridized carbons (Fsp3) is 0.310. The Morgan fingerprint density at radius 3 is 2.09 bits per heavy atom. The van der Waals surface area contributed by atoms with Crippen molar-refractivity contribution in [1.82, 2.24) is 4.90 Å². The third kappa shape index (κ3) is 4.30. The Hall–Kier alpha value is -3.60. The molecule has 0 unspecified atom stereocenters. The highest BCUT2D eigenvalue weighted by Gasteiger charge is 2.44. The van der Waals surface area contributed by atoms with Crippen molar-refractivity contribution in [3.05, 3.63) is 102 Å². The van der Waals surface area contributed by atoms with Gasteiger partial charge in [-0.25, -0.2) is 4.79 Å². The van der Waals surface area contributed by atoms with Crippen LogP contribution in [0.15, 0.2) is 84.9 Å². The number of carboxylic acid groups (broad SMARTS) is 1. The number of hydrogen-bond donors (Lipinski definition) is 1. The van der Waals surface area contributed by atoms with Gasteiger partial charge in [-0.1, -0.05) is 78.9 Å². The van der Waals surface area contributed by atoms with Gasteiger partial charge in [0.25, 0.3) is 0 Å². The van der Waals surface area contributed by atoms with Crippen molar-refractivity contribution in [1.29, 1.82) is 0 Å². The van der Waals surface area contributed by atoms with Crippen LogP contribution in [-0.2, 0) is 16.0 Å². The molecule has 5 nitrogen and oxygen atoms in total. The minimum absolute atomic E-state index is 0.0171. The van der Waals surface area contributed by atoms with Gasteiger partial charge in [0.15, 0.2) is 0 Å². The van der Waals surface area contributed by atoms with Crippen LogP contribution in [0, 0.1) is 0 Å². The molecule has 5 heteroatoms. The standard InChI is InChI=1S/C29H30N2O3/c32-28(27(22-13-3-1-4-14-22)23-15-5-2-6-16-23)31-20-24(19-26(31)29(33)34)30-18-10-9-12-21-11-7-8-17-25(21)30/h1-8,11,13-17,24,26-27H,9-10,12,18-20H2,(H,33,34)/t24-,26+/m1/s1. The molecule has 1 amide bonds. The molecule has 0 aromatic heterocycles. The number of aliphatic carboxylic acids is 1.